The van der Waals surface area contributed by atoms with E-state index in [-0.39, 0.29) is 18.1 Å². The van der Waals surface area contributed by atoms with Gasteiger partial charge in [-0.3, -0.25) is 4.90 Å². The number of carbonyl (C=O) groups is 2. The van der Waals surface area contributed by atoms with Crippen LogP contribution in [0.15, 0.2) is 16.8 Å². The molecule has 1 aromatic rings. The molecule has 1 amide bonds. The summed E-state index contributed by atoms with van der Waals surface area (Å²) in [4.78, 5) is 28.1. The normalized spacial score (nSPS) is 17.4. The summed E-state index contributed by atoms with van der Waals surface area (Å²) < 4.78 is 10.4. The van der Waals surface area contributed by atoms with Gasteiger partial charge in [0.2, 0.25) is 0 Å². The molecule has 2 heterocycles. The average Bonchev–Trinajstić information content (AvgIpc) is 3.00. The van der Waals surface area contributed by atoms with Crippen molar-refractivity contribution in [2.24, 2.45) is 0 Å². The Balaban J connectivity index is 2.00. The van der Waals surface area contributed by atoms with Gasteiger partial charge in [0, 0.05) is 26.2 Å². The van der Waals surface area contributed by atoms with Gasteiger partial charge in [0.05, 0.1) is 0 Å². The molecule has 0 radical (unpaired) electrons. The minimum Gasteiger partial charge on any atom is -0.448 e. The molecule has 0 aromatic carbocycles. The van der Waals surface area contributed by atoms with Gasteiger partial charge < -0.3 is 14.4 Å². The summed E-state index contributed by atoms with van der Waals surface area (Å²) in [5.74, 6) is -0.367. The number of carbonyl (C=O) groups excluding carboxylic acids is 2. The number of hydrogen-bond acceptors (Lipinski definition) is 6. The van der Waals surface area contributed by atoms with E-state index in [0.29, 0.717) is 26.2 Å². The Morgan fingerprint density at radius 2 is 1.96 bits per heavy atom. The summed E-state index contributed by atoms with van der Waals surface area (Å²) >= 11 is 7.07. The first-order chi connectivity index (χ1) is 11.3. The summed E-state index contributed by atoms with van der Waals surface area (Å²) in [6.45, 7) is 7.67. The number of nitrogens with zero attached hydrogens (tertiary/aromatic N) is 2. The molecule has 24 heavy (non-hydrogen) atoms. The fraction of sp³-hybridized carbons (Fsp3) is 0.625. The lowest BCUT2D eigenvalue weighted by atomic mass is 10.1. The van der Waals surface area contributed by atoms with Crippen molar-refractivity contribution in [2.45, 2.75) is 32.4 Å². The highest BCUT2D eigenvalue weighted by Crippen LogP contribution is 2.26. The van der Waals surface area contributed by atoms with Gasteiger partial charge in [0.25, 0.3) is 0 Å². The lowest BCUT2D eigenvalue weighted by Gasteiger charge is -2.38. The topological polar surface area (TPSA) is 59.1 Å². The number of halogens is 1. The second-order valence-corrected chi connectivity index (χ2v) is 7.53. The zero-order valence-electron chi connectivity index (χ0n) is 14.2. The number of rotatable bonds is 4. The molecule has 0 spiro atoms. The van der Waals surface area contributed by atoms with E-state index in [1.807, 2.05) is 42.5 Å². The molecule has 1 saturated heterocycles. The first kappa shape index (κ1) is 19.0. The lowest BCUT2D eigenvalue weighted by molar-refractivity contribution is -0.149. The minimum absolute atomic E-state index is 0.169. The monoisotopic (exact) mass is 374 g/mol. The van der Waals surface area contributed by atoms with Crippen LogP contribution in [0.3, 0.4) is 0 Å². The van der Waals surface area contributed by atoms with Crippen molar-refractivity contribution in [3.8, 4) is 0 Å². The van der Waals surface area contributed by atoms with Crippen molar-refractivity contribution >= 4 is 35.0 Å². The van der Waals surface area contributed by atoms with Crippen LogP contribution in [0.2, 0.25) is 0 Å². The van der Waals surface area contributed by atoms with Crippen LogP contribution in [0.4, 0.5) is 4.79 Å². The number of alkyl halides is 1. The smallest absolute Gasteiger partial charge is 0.410 e. The van der Waals surface area contributed by atoms with E-state index in [9.17, 15) is 9.59 Å². The van der Waals surface area contributed by atoms with Crippen LogP contribution in [0.5, 0.6) is 0 Å². The molecule has 2 rings (SSSR count). The standard InChI is InChI=1S/C16H23ClN2O4S/c1-16(2,3)23-15(21)19-7-5-18(6-8-19)13(14(20)22-11-17)12-4-9-24-10-12/h4,9-10,13H,5-8,11H2,1-3H3. The molecule has 1 aliphatic heterocycles. The Labute approximate surface area is 151 Å². The molecule has 0 bridgehead atoms. The Kier molecular flexibility index (Phi) is 6.48. The van der Waals surface area contributed by atoms with Gasteiger partial charge >= 0.3 is 12.1 Å². The maximum absolute atomic E-state index is 12.3. The molecular formula is C16H23ClN2O4S. The van der Waals surface area contributed by atoms with E-state index in [2.05, 4.69) is 0 Å². The van der Waals surface area contributed by atoms with Gasteiger partial charge in [-0.05, 0) is 43.2 Å². The molecule has 0 aliphatic carbocycles. The van der Waals surface area contributed by atoms with E-state index >= 15 is 0 Å². The summed E-state index contributed by atoms with van der Waals surface area (Å²) in [6, 6.07) is 1.25. The quantitative estimate of drug-likeness (QED) is 0.598. The van der Waals surface area contributed by atoms with Crippen LogP contribution in [0.25, 0.3) is 0 Å². The second-order valence-electron chi connectivity index (χ2n) is 6.54. The summed E-state index contributed by atoms with van der Waals surface area (Å²) in [6.07, 6.45) is -0.322. The maximum atomic E-state index is 12.3. The largest absolute Gasteiger partial charge is 0.448 e. The fourth-order valence-corrected chi connectivity index (χ4v) is 3.33. The number of ether oxygens (including phenoxy) is 2. The van der Waals surface area contributed by atoms with Crippen molar-refractivity contribution in [3.63, 3.8) is 0 Å². The molecule has 1 aliphatic rings. The SMILES string of the molecule is CC(C)(C)OC(=O)N1CCN(C(C(=O)OCCl)c2ccsc2)CC1. The van der Waals surface area contributed by atoms with Crippen molar-refractivity contribution in [1.29, 1.82) is 0 Å². The summed E-state index contributed by atoms with van der Waals surface area (Å²) in [5.41, 5.74) is 0.373. The molecule has 0 saturated carbocycles. The second kappa shape index (κ2) is 8.18. The van der Waals surface area contributed by atoms with Crippen LogP contribution >= 0.6 is 22.9 Å². The number of hydrogen-bond donors (Lipinski definition) is 0. The highest BCUT2D eigenvalue weighted by atomic mass is 35.5. The highest BCUT2D eigenvalue weighted by molar-refractivity contribution is 7.08. The predicted molar refractivity (Wildman–Crippen MR) is 93.3 cm³/mol. The molecule has 0 N–H and O–H groups in total. The first-order valence-electron chi connectivity index (χ1n) is 7.78. The third kappa shape index (κ3) is 5.09. The molecule has 1 atom stereocenters. The van der Waals surface area contributed by atoms with Crippen molar-refractivity contribution in [3.05, 3.63) is 22.4 Å². The number of piperazine rings is 1. The molecule has 1 aromatic heterocycles. The van der Waals surface area contributed by atoms with Crippen LogP contribution in [0.1, 0.15) is 32.4 Å². The van der Waals surface area contributed by atoms with E-state index in [4.69, 9.17) is 21.1 Å². The molecule has 6 nitrogen and oxygen atoms in total. The zero-order chi connectivity index (χ0) is 17.7. The molecule has 8 heteroatoms. The van der Waals surface area contributed by atoms with Crippen molar-refractivity contribution < 1.29 is 19.1 Å². The third-order valence-electron chi connectivity index (χ3n) is 3.61. The fourth-order valence-electron chi connectivity index (χ4n) is 2.55. The van der Waals surface area contributed by atoms with Gasteiger partial charge in [0.1, 0.15) is 11.6 Å². The number of esters is 1. The van der Waals surface area contributed by atoms with Gasteiger partial charge in [-0.15, -0.1) is 0 Å². The van der Waals surface area contributed by atoms with Crippen LogP contribution in [-0.4, -0.2) is 59.7 Å². The maximum Gasteiger partial charge on any atom is 0.410 e. The van der Waals surface area contributed by atoms with Gasteiger partial charge in [-0.25, -0.2) is 9.59 Å². The number of amides is 1. The van der Waals surface area contributed by atoms with Gasteiger partial charge in [-0.1, -0.05) is 11.6 Å². The van der Waals surface area contributed by atoms with Crippen LogP contribution in [-0.2, 0) is 14.3 Å². The number of thiophene rings is 1. The van der Waals surface area contributed by atoms with Crippen LogP contribution in [0, 0.1) is 0 Å². The van der Waals surface area contributed by atoms with E-state index in [0.717, 1.165) is 5.56 Å². The van der Waals surface area contributed by atoms with Crippen molar-refractivity contribution in [2.75, 3.05) is 32.2 Å². The molecule has 1 fully saturated rings. The van der Waals surface area contributed by atoms with E-state index in [1.54, 1.807) is 4.90 Å². The third-order valence-corrected chi connectivity index (χ3v) is 4.42. The zero-order valence-corrected chi connectivity index (χ0v) is 15.7. The van der Waals surface area contributed by atoms with E-state index < -0.39 is 11.6 Å². The molecular weight excluding hydrogens is 352 g/mol. The Bertz CT molecular complexity index is 551. The molecule has 134 valence electrons. The Morgan fingerprint density at radius 1 is 1.29 bits per heavy atom. The Hall–Kier alpha value is -1.31. The Morgan fingerprint density at radius 3 is 2.46 bits per heavy atom. The minimum atomic E-state index is -0.516. The van der Waals surface area contributed by atoms with Crippen molar-refractivity contribution in [1.82, 2.24) is 9.80 Å². The summed E-state index contributed by atoms with van der Waals surface area (Å²) in [7, 11) is 0. The van der Waals surface area contributed by atoms with Crippen LogP contribution < -0.4 is 0 Å². The molecule has 1 unspecified atom stereocenters. The first-order valence-corrected chi connectivity index (χ1v) is 9.26. The predicted octanol–water partition coefficient (Wildman–Crippen LogP) is 3.08. The lowest BCUT2D eigenvalue weighted by Crippen LogP contribution is -2.52. The van der Waals surface area contributed by atoms with E-state index in [1.165, 1.54) is 11.3 Å². The average molecular weight is 375 g/mol. The highest BCUT2D eigenvalue weighted by Gasteiger charge is 2.34. The van der Waals surface area contributed by atoms with Gasteiger partial charge in [0.15, 0.2) is 6.07 Å². The summed E-state index contributed by atoms with van der Waals surface area (Å²) in [5, 5.41) is 3.85. The van der Waals surface area contributed by atoms with Gasteiger partial charge in [-0.2, -0.15) is 11.3 Å².